The maximum Gasteiger partial charge on any atom is 0.160 e. The van der Waals surface area contributed by atoms with Gasteiger partial charge in [0.05, 0.1) is 22.4 Å². The minimum atomic E-state index is -0.140. The molecular weight excluding hydrogens is 919 g/mol. The highest BCUT2D eigenvalue weighted by atomic mass is 15.0. The van der Waals surface area contributed by atoms with Gasteiger partial charge >= 0.3 is 0 Å². The van der Waals surface area contributed by atoms with Crippen LogP contribution in [0.3, 0.4) is 0 Å². The van der Waals surface area contributed by atoms with E-state index in [1.807, 2.05) is 0 Å². The highest BCUT2D eigenvalue weighted by Crippen LogP contribution is 2.53. The van der Waals surface area contributed by atoms with Crippen LogP contribution in [-0.4, -0.2) is 14.5 Å². The van der Waals surface area contributed by atoms with Gasteiger partial charge in [-0.15, -0.1) is 0 Å². The SMILES string of the molecule is CC1(C)c2ccccc2-c2ccc(-c3cc(-c4ccc(-c5nc(-c6ccc7c(c6)C(C)(C)c6ccccc6-7)cc(-c6ccc7c(c6)C(C)(C)c6ccccc6-7)n5)cc4)cc(-n4c5ccccc5c5ccccc54)c3)cc21. The van der Waals surface area contributed by atoms with E-state index in [0.29, 0.717) is 5.82 Å². The second-order valence-electron chi connectivity index (χ2n) is 23.0. The van der Waals surface area contributed by atoms with Crippen molar-refractivity contribution < 1.29 is 0 Å². The Morgan fingerprint density at radius 2 is 0.632 bits per heavy atom. The van der Waals surface area contributed by atoms with Crippen LogP contribution in [0.1, 0.15) is 74.9 Å². The third-order valence-corrected chi connectivity index (χ3v) is 17.6. The van der Waals surface area contributed by atoms with Crippen LogP contribution in [0, 0.1) is 0 Å². The van der Waals surface area contributed by atoms with E-state index in [4.69, 9.17) is 9.97 Å². The van der Waals surface area contributed by atoms with Crippen molar-refractivity contribution in [2.24, 2.45) is 0 Å². The van der Waals surface area contributed by atoms with Gasteiger partial charge in [0.15, 0.2) is 5.82 Å². The summed E-state index contributed by atoms with van der Waals surface area (Å²) in [5.41, 5.74) is 28.7. The lowest BCUT2D eigenvalue weighted by Gasteiger charge is -2.22. The third-order valence-electron chi connectivity index (χ3n) is 17.6. The summed E-state index contributed by atoms with van der Waals surface area (Å²) in [6, 6.07) is 83.4. The van der Waals surface area contributed by atoms with Crippen LogP contribution >= 0.6 is 0 Å². The Kier molecular flexibility index (Phi) is 9.41. The van der Waals surface area contributed by atoms with Gasteiger partial charge in [-0.25, -0.2) is 9.97 Å². The second-order valence-corrected chi connectivity index (χ2v) is 23.0. The van der Waals surface area contributed by atoms with Crippen molar-refractivity contribution in [2.75, 3.05) is 0 Å². The van der Waals surface area contributed by atoms with Crippen LogP contribution in [0.4, 0.5) is 0 Å². The van der Waals surface area contributed by atoms with Crippen LogP contribution < -0.4 is 0 Å². The Labute approximate surface area is 444 Å². The van der Waals surface area contributed by atoms with Crippen LogP contribution in [0.2, 0.25) is 0 Å². The smallest absolute Gasteiger partial charge is 0.160 e. The van der Waals surface area contributed by atoms with Crippen LogP contribution in [0.25, 0.3) is 117 Å². The Morgan fingerprint density at radius 3 is 1.11 bits per heavy atom. The molecule has 3 aliphatic rings. The van der Waals surface area contributed by atoms with E-state index < -0.39 is 0 Å². The Morgan fingerprint density at radius 1 is 0.276 bits per heavy atom. The van der Waals surface area contributed by atoms with E-state index in [9.17, 15) is 0 Å². The molecule has 0 saturated heterocycles. The first-order chi connectivity index (χ1) is 36.9. The van der Waals surface area contributed by atoms with Crippen molar-refractivity contribution in [1.29, 1.82) is 0 Å². The molecular formula is C73H55N3. The number of hydrogen-bond acceptors (Lipinski definition) is 2. The lowest BCUT2D eigenvalue weighted by Crippen LogP contribution is -2.15. The number of fused-ring (bicyclic) bond motifs is 12. The number of rotatable bonds is 6. The van der Waals surface area contributed by atoms with Crippen LogP contribution in [0.5, 0.6) is 0 Å². The summed E-state index contributed by atoms with van der Waals surface area (Å²) in [4.78, 5) is 10.9. The highest BCUT2D eigenvalue weighted by molar-refractivity contribution is 6.09. The summed E-state index contributed by atoms with van der Waals surface area (Å²) in [7, 11) is 0. The van der Waals surface area contributed by atoms with E-state index in [1.165, 1.54) is 99.7 Å². The number of nitrogens with zero attached hydrogens (tertiary/aromatic N) is 3. The first-order valence-electron chi connectivity index (χ1n) is 26.8. The van der Waals surface area contributed by atoms with Crippen molar-refractivity contribution in [3.05, 3.63) is 258 Å². The Bertz CT molecular complexity index is 4250. The number of aromatic nitrogens is 3. The van der Waals surface area contributed by atoms with E-state index in [2.05, 4.69) is 271 Å². The summed E-state index contributed by atoms with van der Waals surface area (Å²) in [5, 5.41) is 2.49. The summed E-state index contributed by atoms with van der Waals surface area (Å²) in [6.45, 7) is 14.1. The molecule has 0 atom stereocenters. The average molecular weight is 974 g/mol. The van der Waals surface area contributed by atoms with Gasteiger partial charge in [-0.2, -0.15) is 0 Å². The summed E-state index contributed by atoms with van der Waals surface area (Å²) < 4.78 is 2.44. The molecule has 10 aromatic carbocycles. The van der Waals surface area contributed by atoms with E-state index in [1.54, 1.807) is 0 Å². The molecule has 0 saturated carbocycles. The molecule has 3 aliphatic carbocycles. The van der Waals surface area contributed by atoms with Gasteiger partial charge in [-0.05, 0) is 144 Å². The van der Waals surface area contributed by atoms with Gasteiger partial charge < -0.3 is 4.57 Å². The summed E-state index contributed by atoms with van der Waals surface area (Å²) in [5.74, 6) is 0.701. The zero-order chi connectivity index (χ0) is 51.2. The van der Waals surface area contributed by atoms with Crippen molar-refractivity contribution in [3.63, 3.8) is 0 Å². The first-order valence-corrected chi connectivity index (χ1v) is 26.8. The predicted octanol–water partition coefficient (Wildman–Crippen LogP) is 18.8. The van der Waals surface area contributed by atoms with Crippen molar-refractivity contribution in [3.8, 4) is 95.2 Å². The van der Waals surface area contributed by atoms with Crippen LogP contribution in [0.15, 0.2) is 224 Å². The Balaban J connectivity index is 0.878. The Hall–Kier alpha value is -8.92. The number of hydrogen-bond donors (Lipinski definition) is 0. The molecule has 0 fully saturated rings. The van der Waals surface area contributed by atoms with Crippen molar-refractivity contribution in [1.82, 2.24) is 14.5 Å². The van der Waals surface area contributed by atoms with E-state index in [-0.39, 0.29) is 16.2 Å². The molecule has 0 radical (unpaired) electrons. The van der Waals surface area contributed by atoms with E-state index >= 15 is 0 Å². The average Bonchev–Trinajstić information content (AvgIpc) is 4.14. The minimum absolute atomic E-state index is 0.115. The lowest BCUT2D eigenvalue weighted by molar-refractivity contribution is 0.660. The number of para-hydroxylation sites is 2. The molecule has 2 heterocycles. The quantitative estimate of drug-likeness (QED) is 0.166. The molecule has 12 aromatic rings. The van der Waals surface area contributed by atoms with Crippen molar-refractivity contribution >= 4 is 21.8 Å². The normalized spacial score (nSPS) is 14.8. The van der Waals surface area contributed by atoms with Gasteiger partial charge in [0.2, 0.25) is 0 Å². The van der Waals surface area contributed by atoms with Gasteiger partial charge in [-0.3, -0.25) is 0 Å². The molecule has 0 aliphatic heterocycles. The maximum absolute atomic E-state index is 5.46. The van der Waals surface area contributed by atoms with E-state index in [0.717, 1.165) is 44.9 Å². The fraction of sp³-hybridized carbons (Fsp3) is 0.123. The summed E-state index contributed by atoms with van der Waals surface area (Å²) in [6.07, 6.45) is 0. The molecule has 15 rings (SSSR count). The molecule has 0 unspecified atom stereocenters. The zero-order valence-electron chi connectivity index (χ0n) is 43.7. The molecule has 76 heavy (non-hydrogen) atoms. The fourth-order valence-electron chi connectivity index (χ4n) is 13.6. The number of benzene rings is 10. The van der Waals surface area contributed by atoms with Crippen LogP contribution in [-0.2, 0) is 16.2 Å². The molecule has 3 nitrogen and oxygen atoms in total. The second kappa shape index (κ2) is 16.0. The zero-order valence-corrected chi connectivity index (χ0v) is 43.7. The highest BCUT2D eigenvalue weighted by Gasteiger charge is 2.38. The summed E-state index contributed by atoms with van der Waals surface area (Å²) >= 11 is 0. The lowest BCUT2D eigenvalue weighted by atomic mass is 9.81. The topological polar surface area (TPSA) is 30.7 Å². The molecule has 3 heteroatoms. The maximum atomic E-state index is 5.46. The van der Waals surface area contributed by atoms with Gasteiger partial charge in [0.1, 0.15) is 0 Å². The van der Waals surface area contributed by atoms with Crippen molar-refractivity contribution in [2.45, 2.75) is 57.8 Å². The first kappa shape index (κ1) is 44.6. The molecule has 2 aromatic heterocycles. The van der Waals surface area contributed by atoms with Gasteiger partial charge in [0.25, 0.3) is 0 Å². The van der Waals surface area contributed by atoms with Gasteiger partial charge in [-0.1, -0.05) is 211 Å². The largest absolute Gasteiger partial charge is 0.309 e. The fourth-order valence-corrected chi connectivity index (χ4v) is 13.6. The molecule has 0 N–H and O–H groups in total. The standard InChI is InChI=1S/C73H55N3/c1-71(2)60-22-12-7-17-52(60)55-34-31-46(40-63(55)71)50-37-49(38-51(39-50)76-68-25-15-10-20-58(68)59-21-11-16-26-69(59)76)44-27-29-45(30-28-44)70-74-66(47-32-35-56-53-18-8-13-23-61(53)72(3,4)64(56)41-47)43-67(75-70)48-33-36-57-54-19-9-14-24-62(54)73(5,6)65(57)42-48/h7-43H,1-6H3. The molecule has 362 valence electrons. The monoisotopic (exact) mass is 973 g/mol. The third kappa shape index (κ3) is 6.48. The molecule has 0 spiro atoms. The van der Waals surface area contributed by atoms with Gasteiger partial charge in [0, 0.05) is 49.4 Å². The predicted molar refractivity (Wildman–Crippen MR) is 316 cm³/mol. The molecule has 0 bridgehead atoms. The molecule has 0 amide bonds. The minimum Gasteiger partial charge on any atom is -0.309 e.